The molecule has 0 aliphatic carbocycles. The van der Waals surface area contributed by atoms with Crippen LogP contribution < -0.4 is 0 Å². The molecule has 0 aromatic heterocycles. The van der Waals surface area contributed by atoms with Crippen LogP contribution in [0.25, 0.3) is 0 Å². The van der Waals surface area contributed by atoms with Crippen LogP contribution in [-0.4, -0.2) is 45.2 Å². The van der Waals surface area contributed by atoms with Gasteiger partial charge in [0.1, 0.15) is 0 Å². The fourth-order valence-electron chi connectivity index (χ4n) is 4.91. The third-order valence-electron chi connectivity index (χ3n) is 7.67. The molecule has 38 heavy (non-hydrogen) atoms. The van der Waals surface area contributed by atoms with E-state index in [1.807, 2.05) is 0 Å². The first kappa shape index (κ1) is 37.0. The molecule has 0 bridgehead atoms. The van der Waals surface area contributed by atoms with E-state index < -0.39 is 29.9 Å². The number of allylic oxidation sites excluding steroid dienone is 2. The summed E-state index contributed by atoms with van der Waals surface area (Å²) >= 11 is 0. The van der Waals surface area contributed by atoms with Crippen molar-refractivity contribution in [3.8, 4) is 0 Å². The molecule has 0 aliphatic heterocycles. The number of hydrogen-bond donors (Lipinski definition) is 3. The van der Waals surface area contributed by atoms with Crippen LogP contribution in [0.4, 0.5) is 0 Å². The highest BCUT2D eigenvalue weighted by atomic mass is 16.4. The van der Waals surface area contributed by atoms with Crippen molar-refractivity contribution in [2.45, 2.75) is 180 Å². The van der Waals surface area contributed by atoms with E-state index in [1.165, 1.54) is 77.0 Å². The minimum absolute atomic E-state index is 0.0740. The predicted molar refractivity (Wildman–Crippen MR) is 159 cm³/mol. The van der Waals surface area contributed by atoms with Gasteiger partial charge >= 0.3 is 0 Å². The highest BCUT2D eigenvalue weighted by molar-refractivity contribution is 5.96. The number of ketones is 2. The molecular weight excluding hydrogens is 476 g/mol. The number of hydrogen-bond acceptors (Lipinski definition) is 5. The van der Waals surface area contributed by atoms with Crippen molar-refractivity contribution in [2.75, 3.05) is 6.61 Å². The molecule has 0 saturated carbocycles. The van der Waals surface area contributed by atoms with Crippen molar-refractivity contribution < 1.29 is 24.9 Å². The summed E-state index contributed by atoms with van der Waals surface area (Å²) in [6.45, 7) is 3.52. The third kappa shape index (κ3) is 19.1. The van der Waals surface area contributed by atoms with E-state index >= 15 is 0 Å². The minimum atomic E-state index is -2.38. The van der Waals surface area contributed by atoms with Gasteiger partial charge in [0.05, 0.1) is 6.61 Å². The van der Waals surface area contributed by atoms with E-state index in [2.05, 4.69) is 26.0 Å². The molecule has 0 aromatic carbocycles. The van der Waals surface area contributed by atoms with Gasteiger partial charge in [-0.15, -0.1) is 0 Å². The van der Waals surface area contributed by atoms with E-state index in [0.717, 1.165) is 51.4 Å². The Balaban J connectivity index is 3.92. The quantitative estimate of drug-likeness (QED) is 0.0659. The monoisotopic (exact) mass is 538 g/mol. The van der Waals surface area contributed by atoms with Gasteiger partial charge in [0, 0.05) is 12.8 Å². The summed E-state index contributed by atoms with van der Waals surface area (Å²) in [4.78, 5) is 25.0. The van der Waals surface area contributed by atoms with Gasteiger partial charge in [-0.2, -0.15) is 0 Å². The van der Waals surface area contributed by atoms with Crippen molar-refractivity contribution in [1.82, 2.24) is 0 Å². The average Bonchev–Trinajstić information content (AvgIpc) is 2.93. The smallest absolute Gasteiger partial charge is 0.178 e. The maximum absolute atomic E-state index is 12.5. The largest absolute Gasteiger partial charge is 0.393 e. The fraction of sp³-hybridized carbons (Fsp3) is 0.879. The van der Waals surface area contributed by atoms with Gasteiger partial charge in [-0.1, -0.05) is 129 Å². The van der Waals surface area contributed by atoms with Crippen molar-refractivity contribution in [3.05, 3.63) is 12.2 Å². The molecule has 0 aliphatic rings. The number of carbonyl (C=O) groups is 2. The summed E-state index contributed by atoms with van der Waals surface area (Å²) in [5, 5.41) is 30.6. The predicted octanol–water partition coefficient (Wildman–Crippen LogP) is 8.17. The number of unbranched alkanes of at least 4 members (excludes halogenated alkanes) is 19. The van der Waals surface area contributed by atoms with E-state index in [1.54, 1.807) is 0 Å². The van der Waals surface area contributed by atoms with Crippen LogP contribution in [0.2, 0.25) is 0 Å². The summed E-state index contributed by atoms with van der Waals surface area (Å²) in [6.07, 6.45) is 27.9. The van der Waals surface area contributed by atoms with Gasteiger partial charge in [-0.25, -0.2) is 0 Å². The Labute approximate surface area is 234 Å². The van der Waals surface area contributed by atoms with E-state index in [-0.39, 0.29) is 12.8 Å². The number of carbonyl (C=O) groups excluding carboxylic acids is 2. The topological polar surface area (TPSA) is 94.8 Å². The van der Waals surface area contributed by atoms with Crippen LogP contribution in [0.3, 0.4) is 0 Å². The molecule has 2 unspecified atom stereocenters. The molecule has 0 amide bonds. The zero-order valence-electron chi connectivity index (χ0n) is 25.1. The van der Waals surface area contributed by atoms with Crippen molar-refractivity contribution in [1.29, 1.82) is 0 Å². The second-order valence-corrected chi connectivity index (χ2v) is 11.3. The normalized spacial score (nSPS) is 14.1. The zero-order chi connectivity index (χ0) is 28.3. The molecule has 0 aromatic rings. The molecule has 5 nitrogen and oxygen atoms in total. The van der Waals surface area contributed by atoms with Crippen LogP contribution in [-0.2, 0) is 9.59 Å². The van der Waals surface area contributed by atoms with Crippen molar-refractivity contribution in [3.63, 3.8) is 0 Å². The standard InChI is InChI=1S/C33H62O5/c1-3-5-7-9-11-13-14-15-16-17-18-20-21-23-25-27-30(35)32(37)33(38,29-34)31(36)28-26-24-22-19-12-10-8-6-4-2/h15-16,32,34,37-38H,3-14,17-29H2,1-2H3. The summed E-state index contributed by atoms with van der Waals surface area (Å²) in [5.74, 6) is -1.19. The first-order valence-corrected chi connectivity index (χ1v) is 16.2. The zero-order valence-corrected chi connectivity index (χ0v) is 25.1. The van der Waals surface area contributed by atoms with Gasteiger partial charge in [0.2, 0.25) is 0 Å². The molecule has 0 saturated heterocycles. The average molecular weight is 539 g/mol. The number of aliphatic hydroxyl groups is 3. The lowest BCUT2D eigenvalue weighted by atomic mass is 9.85. The SMILES string of the molecule is CCCCCCCCC=CCCCCCCCC(=O)C(O)C(O)(CO)C(=O)CCCCCCCCCCC. The Kier molecular flexibility index (Phi) is 25.5. The van der Waals surface area contributed by atoms with Crippen molar-refractivity contribution >= 4 is 11.6 Å². The Morgan fingerprint density at radius 1 is 0.605 bits per heavy atom. The van der Waals surface area contributed by atoms with Gasteiger partial charge in [-0.05, 0) is 38.5 Å². The second-order valence-electron chi connectivity index (χ2n) is 11.3. The summed E-state index contributed by atoms with van der Waals surface area (Å²) in [7, 11) is 0. The van der Waals surface area contributed by atoms with E-state index in [0.29, 0.717) is 12.8 Å². The lowest BCUT2D eigenvalue weighted by Crippen LogP contribution is -2.55. The maximum atomic E-state index is 12.5. The fourth-order valence-corrected chi connectivity index (χ4v) is 4.91. The van der Waals surface area contributed by atoms with Gasteiger partial charge in [-0.3, -0.25) is 9.59 Å². The number of rotatable bonds is 29. The lowest BCUT2D eigenvalue weighted by molar-refractivity contribution is -0.165. The molecule has 0 radical (unpaired) electrons. The highest BCUT2D eigenvalue weighted by Crippen LogP contribution is 2.20. The lowest BCUT2D eigenvalue weighted by Gasteiger charge is -2.29. The summed E-state index contributed by atoms with van der Waals surface area (Å²) < 4.78 is 0. The van der Waals surface area contributed by atoms with E-state index in [4.69, 9.17) is 0 Å². The number of aliphatic hydroxyl groups excluding tert-OH is 2. The molecule has 0 rings (SSSR count). The van der Waals surface area contributed by atoms with Gasteiger partial charge in [0.15, 0.2) is 23.3 Å². The summed E-state index contributed by atoms with van der Waals surface area (Å²) in [5.41, 5.74) is -2.38. The van der Waals surface area contributed by atoms with Crippen LogP contribution in [0.1, 0.15) is 168 Å². The van der Waals surface area contributed by atoms with Crippen LogP contribution in [0, 0.1) is 0 Å². The summed E-state index contributed by atoms with van der Waals surface area (Å²) in [6, 6.07) is 0. The Morgan fingerprint density at radius 2 is 0.974 bits per heavy atom. The van der Waals surface area contributed by atoms with Crippen molar-refractivity contribution in [2.24, 2.45) is 0 Å². The molecule has 224 valence electrons. The first-order chi connectivity index (χ1) is 18.4. The van der Waals surface area contributed by atoms with Crippen LogP contribution in [0.15, 0.2) is 12.2 Å². The molecular formula is C33H62O5. The Hall–Kier alpha value is -1.04. The minimum Gasteiger partial charge on any atom is -0.393 e. The second kappa shape index (κ2) is 26.2. The third-order valence-corrected chi connectivity index (χ3v) is 7.67. The Morgan fingerprint density at radius 3 is 1.39 bits per heavy atom. The van der Waals surface area contributed by atoms with Gasteiger partial charge < -0.3 is 15.3 Å². The molecule has 0 heterocycles. The maximum Gasteiger partial charge on any atom is 0.178 e. The van der Waals surface area contributed by atoms with Crippen LogP contribution in [0.5, 0.6) is 0 Å². The highest BCUT2D eigenvalue weighted by Gasteiger charge is 2.45. The first-order valence-electron chi connectivity index (χ1n) is 16.2. The van der Waals surface area contributed by atoms with E-state index in [9.17, 15) is 24.9 Å². The molecule has 3 N–H and O–H groups in total. The Bertz CT molecular complexity index is 588. The molecule has 2 atom stereocenters. The number of Topliss-reactive ketones (excluding diaryl/α,β-unsaturated/α-hetero) is 2. The molecule has 0 spiro atoms. The molecule has 5 heteroatoms. The molecule has 0 fully saturated rings. The van der Waals surface area contributed by atoms with Gasteiger partial charge in [0.25, 0.3) is 0 Å². The van der Waals surface area contributed by atoms with Crippen LogP contribution >= 0.6 is 0 Å².